The van der Waals surface area contributed by atoms with E-state index in [0.29, 0.717) is 19.7 Å². The van der Waals surface area contributed by atoms with Crippen LogP contribution in [-0.2, 0) is 11.8 Å². The molecule has 1 aromatic carbocycles. The van der Waals surface area contributed by atoms with Gasteiger partial charge >= 0.3 is 6.03 Å². The average molecular weight is 342 g/mol. The molecule has 1 fully saturated rings. The van der Waals surface area contributed by atoms with Crippen molar-refractivity contribution in [2.45, 2.75) is 6.10 Å². The highest BCUT2D eigenvalue weighted by molar-refractivity contribution is 7.09. The van der Waals surface area contributed by atoms with E-state index in [1.54, 1.807) is 22.4 Å². The molecule has 3 aromatic rings. The molecule has 0 unspecified atom stereocenters. The van der Waals surface area contributed by atoms with E-state index in [2.05, 4.69) is 10.3 Å². The number of carbonyl (C=O) groups excluding carboxylic acids is 1. The number of benzene rings is 1. The summed E-state index contributed by atoms with van der Waals surface area (Å²) >= 11 is 1.55. The Morgan fingerprint density at radius 3 is 3.17 bits per heavy atom. The molecule has 1 aliphatic heterocycles. The summed E-state index contributed by atoms with van der Waals surface area (Å²) in [6.07, 6.45) is 3.61. The summed E-state index contributed by atoms with van der Waals surface area (Å²) < 4.78 is 7.77. The number of anilines is 1. The standard InChI is InChI=1S/C17H18N4O2S/c1-20-7-5-12-3-2-4-13(15(12)20)19-17(22)21-8-9-23-14(11-21)16-18-6-10-24-16/h2-7,10,14H,8-9,11H2,1H3,(H,19,22)/t14-/m0/s1. The Balaban J connectivity index is 1.52. The van der Waals surface area contributed by atoms with Gasteiger partial charge in [-0.2, -0.15) is 0 Å². The lowest BCUT2D eigenvalue weighted by molar-refractivity contribution is -0.0135. The van der Waals surface area contributed by atoms with E-state index in [1.165, 1.54) is 0 Å². The van der Waals surface area contributed by atoms with Gasteiger partial charge in [0, 0.05) is 36.8 Å². The number of morpholine rings is 1. The van der Waals surface area contributed by atoms with Crippen molar-refractivity contribution in [2.75, 3.05) is 25.0 Å². The summed E-state index contributed by atoms with van der Waals surface area (Å²) in [4.78, 5) is 18.8. The summed E-state index contributed by atoms with van der Waals surface area (Å²) in [7, 11) is 1.98. The maximum absolute atomic E-state index is 12.7. The van der Waals surface area contributed by atoms with Crippen LogP contribution in [-0.4, -0.2) is 40.2 Å². The molecule has 2 aromatic heterocycles. The predicted molar refractivity (Wildman–Crippen MR) is 94.3 cm³/mol. The van der Waals surface area contributed by atoms with Gasteiger partial charge in [-0.15, -0.1) is 11.3 Å². The third kappa shape index (κ3) is 2.76. The summed E-state index contributed by atoms with van der Waals surface area (Å²) in [5, 5.41) is 6.99. The average Bonchev–Trinajstić information content (AvgIpc) is 3.26. The number of amides is 2. The highest BCUT2D eigenvalue weighted by Gasteiger charge is 2.27. The first-order chi connectivity index (χ1) is 11.7. The van der Waals surface area contributed by atoms with Crippen LogP contribution >= 0.6 is 11.3 Å². The van der Waals surface area contributed by atoms with Crippen LogP contribution in [0.3, 0.4) is 0 Å². The Hall–Kier alpha value is -2.38. The molecular weight excluding hydrogens is 324 g/mol. The van der Waals surface area contributed by atoms with Crippen molar-refractivity contribution in [1.82, 2.24) is 14.5 Å². The molecule has 1 saturated heterocycles. The van der Waals surface area contributed by atoms with E-state index in [1.807, 2.05) is 47.5 Å². The smallest absolute Gasteiger partial charge is 0.322 e. The van der Waals surface area contributed by atoms with Crippen molar-refractivity contribution in [2.24, 2.45) is 7.05 Å². The SMILES string of the molecule is Cn1ccc2cccc(NC(=O)N3CCO[C@H](c4nccs4)C3)c21. The molecule has 0 aliphatic carbocycles. The van der Waals surface area contributed by atoms with E-state index < -0.39 is 0 Å². The van der Waals surface area contributed by atoms with Gasteiger partial charge in [-0.25, -0.2) is 9.78 Å². The number of rotatable bonds is 2. The van der Waals surface area contributed by atoms with Crippen LogP contribution in [0.5, 0.6) is 0 Å². The Kier molecular flexibility index (Phi) is 3.95. The number of nitrogens with zero attached hydrogens (tertiary/aromatic N) is 3. The number of carbonyl (C=O) groups is 1. The second kappa shape index (κ2) is 6.26. The third-order valence-electron chi connectivity index (χ3n) is 4.22. The second-order valence-electron chi connectivity index (χ2n) is 5.78. The monoisotopic (exact) mass is 342 g/mol. The molecule has 7 heteroatoms. The summed E-state index contributed by atoms with van der Waals surface area (Å²) in [6, 6.07) is 7.86. The Morgan fingerprint density at radius 2 is 2.33 bits per heavy atom. The van der Waals surface area contributed by atoms with E-state index in [0.717, 1.165) is 21.6 Å². The van der Waals surface area contributed by atoms with Gasteiger partial charge < -0.3 is 19.5 Å². The minimum atomic E-state index is -0.143. The van der Waals surface area contributed by atoms with Gasteiger partial charge in [0.05, 0.1) is 24.4 Å². The molecule has 0 bridgehead atoms. The number of nitrogens with one attached hydrogen (secondary N) is 1. The second-order valence-corrected chi connectivity index (χ2v) is 6.70. The molecule has 3 heterocycles. The number of para-hydroxylation sites is 1. The van der Waals surface area contributed by atoms with Crippen molar-refractivity contribution in [3.05, 3.63) is 47.0 Å². The molecular formula is C17H18N4O2S. The van der Waals surface area contributed by atoms with Crippen LogP contribution in [0.2, 0.25) is 0 Å². The van der Waals surface area contributed by atoms with E-state index in [9.17, 15) is 4.79 Å². The molecule has 24 heavy (non-hydrogen) atoms. The number of aryl methyl sites for hydroxylation is 1. The van der Waals surface area contributed by atoms with Crippen LogP contribution in [0.1, 0.15) is 11.1 Å². The topological polar surface area (TPSA) is 59.4 Å². The maximum atomic E-state index is 12.7. The van der Waals surface area contributed by atoms with Gasteiger partial charge in [0.25, 0.3) is 0 Å². The van der Waals surface area contributed by atoms with Gasteiger partial charge in [0.2, 0.25) is 0 Å². The zero-order valence-electron chi connectivity index (χ0n) is 13.3. The van der Waals surface area contributed by atoms with Gasteiger partial charge in [-0.05, 0) is 12.1 Å². The molecule has 6 nitrogen and oxygen atoms in total. The molecule has 0 spiro atoms. The number of hydrogen-bond acceptors (Lipinski definition) is 4. The van der Waals surface area contributed by atoms with Crippen LogP contribution in [0.4, 0.5) is 10.5 Å². The van der Waals surface area contributed by atoms with Crippen molar-refractivity contribution in [3.8, 4) is 0 Å². The van der Waals surface area contributed by atoms with Gasteiger partial charge in [0.1, 0.15) is 11.1 Å². The maximum Gasteiger partial charge on any atom is 0.322 e. The fraction of sp³-hybridized carbons (Fsp3) is 0.294. The van der Waals surface area contributed by atoms with Gasteiger partial charge in [0.15, 0.2) is 0 Å². The first-order valence-electron chi connectivity index (χ1n) is 7.83. The van der Waals surface area contributed by atoms with Crippen LogP contribution in [0.15, 0.2) is 42.0 Å². The Labute approximate surface area is 143 Å². The highest BCUT2D eigenvalue weighted by Crippen LogP contribution is 2.26. The zero-order chi connectivity index (χ0) is 16.5. The van der Waals surface area contributed by atoms with E-state index in [-0.39, 0.29) is 12.1 Å². The van der Waals surface area contributed by atoms with Crippen molar-refractivity contribution < 1.29 is 9.53 Å². The summed E-state index contributed by atoms with van der Waals surface area (Å²) in [6.45, 7) is 1.62. The molecule has 2 amide bonds. The van der Waals surface area contributed by atoms with Crippen molar-refractivity contribution in [3.63, 3.8) is 0 Å². The third-order valence-corrected chi connectivity index (χ3v) is 5.09. The molecule has 4 rings (SSSR count). The number of urea groups is 1. The minimum Gasteiger partial charge on any atom is -0.367 e. The lowest BCUT2D eigenvalue weighted by Crippen LogP contribution is -2.44. The van der Waals surface area contributed by atoms with Crippen LogP contribution < -0.4 is 5.32 Å². The van der Waals surface area contributed by atoms with Crippen molar-refractivity contribution in [1.29, 1.82) is 0 Å². The predicted octanol–water partition coefficient (Wildman–Crippen LogP) is 3.24. The minimum absolute atomic E-state index is 0.103. The number of fused-ring (bicyclic) bond motifs is 1. The van der Waals surface area contributed by atoms with Crippen LogP contribution in [0, 0.1) is 0 Å². The number of ether oxygens (including phenoxy) is 1. The summed E-state index contributed by atoms with van der Waals surface area (Å²) in [5.74, 6) is 0. The molecule has 1 N–H and O–H groups in total. The van der Waals surface area contributed by atoms with E-state index >= 15 is 0 Å². The van der Waals surface area contributed by atoms with Crippen LogP contribution in [0.25, 0.3) is 10.9 Å². The first kappa shape index (κ1) is 15.2. The van der Waals surface area contributed by atoms with Gasteiger partial charge in [-0.1, -0.05) is 12.1 Å². The van der Waals surface area contributed by atoms with Crippen molar-refractivity contribution >= 4 is 34.0 Å². The number of thiazole rings is 1. The zero-order valence-corrected chi connectivity index (χ0v) is 14.1. The quantitative estimate of drug-likeness (QED) is 0.778. The normalized spacial score (nSPS) is 18.0. The first-order valence-corrected chi connectivity index (χ1v) is 8.71. The summed E-state index contributed by atoms with van der Waals surface area (Å²) in [5.41, 5.74) is 1.85. The molecule has 0 saturated carbocycles. The Morgan fingerprint density at radius 1 is 1.42 bits per heavy atom. The number of aromatic nitrogens is 2. The van der Waals surface area contributed by atoms with Gasteiger partial charge in [-0.3, -0.25) is 0 Å². The lowest BCUT2D eigenvalue weighted by atomic mass is 10.2. The molecule has 124 valence electrons. The molecule has 1 atom stereocenters. The fourth-order valence-corrected chi connectivity index (χ4v) is 3.71. The fourth-order valence-electron chi connectivity index (χ4n) is 3.03. The lowest BCUT2D eigenvalue weighted by Gasteiger charge is -2.32. The van der Waals surface area contributed by atoms with E-state index in [4.69, 9.17) is 4.74 Å². The number of hydrogen-bond donors (Lipinski definition) is 1. The largest absolute Gasteiger partial charge is 0.367 e. The highest BCUT2D eigenvalue weighted by atomic mass is 32.1. The Bertz CT molecular complexity index is 859. The molecule has 1 aliphatic rings. The molecule has 0 radical (unpaired) electrons.